The van der Waals surface area contributed by atoms with E-state index in [0.29, 0.717) is 0 Å². The fourth-order valence-electron chi connectivity index (χ4n) is 0.654. The number of hydrogen-bond donors (Lipinski definition) is 0. The van der Waals surface area contributed by atoms with Crippen LogP contribution in [0, 0.1) is 0 Å². The number of rotatable bonds is 3. The maximum atomic E-state index is 5.51. The molecule has 0 saturated carbocycles. The highest BCUT2D eigenvalue weighted by Crippen LogP contribution is 2.47. The average molecular weight is 221 g/mol. The van der Waals surface area contributed by atoms with Crippen LogP contribution in [0.25, 0.3) is 0 Å². The number of halogens is 2. The normalized spacial score (nSPS) is 10.9. The summed E-state index contributed by atoms with van der Waals surface area (Å²) in [6.45, 7) is -1.06. The van der Waals surface area contributed by atoms with Gasteiger partial charge in [0.05, 0.1) is 6.26 Å². The van der Waals surface area contributed by atoms with Gasteiger partial charge in [-0.05, 0) is 12.1 Å². The minimum absolute atomic E-state index is 0.777. The average Bonchev–Trinajstić information content (AvgIpc) is 2.05. The van der Waals surface area contributed by atoms with Crippen molar-refractivity contribution in [3.63, 3.8) is 0 Å². The van der Waals surface area contributed by atoms with Crippen LogP contribution >= 0.6 is 29.1 Å². The molecule has 0 radical (unpaired) electrons. The summed E-state index contributed by atoms with van der Waals surface area (Å²) in [4.78, 5) is 0. The van der Waals surface area contributed by atoms with Gasteiger partial charge in [0.2, 0.25) is 0 Å². The Bertz CT molecular complexity index is 248. The van der Waals surface area contributed by atoms with Gasteiger partial charge in [0.25, 0.3) is 0 Å². The molecule has 0 amide bonds. The van der Waals surface area contributed by atoms with Crippen molar-refractivity contribution in [2.45, 2.75) is 0 Å². The first-order chi connectivity index (χ1) is 5.79. The molecule has 0 spiro atoms. The zero-order valence-electron chi connectivity index (χ0n) is 6.15. The molecule has 0 fully saturated rings. The van der Waals surface area contributed by atoms with Crippen molar-refractivity contribution in [2.75, 3.05) is 0 Å². The zero-order chi connectivity index (χ0) is 8.81. The van der Waals surface area contributed by atoms with E-state index in [1.165, 1.54) is 6.26 Å². The Labute approximate surface area is 82.3 Å². The third-order valence-electron chi connectivity index (χ3n) is 1.12. The van der Waals surface area contributed by atoms with Crippen LogP contribution in [0.2, 0.25) is 0 Å². The Hall–Kier alpha value is -0.230. The van der Waals surface area contributed by atoms with E-state index in [-0.39, 0.29) is 0 Å². The lowest BCUT2D eigenvalue weighted by Gasteiger charge is -1.97. The fraction of sp³-hybridized carbons (Fsp3) is 0. The van der Waals surface area contributed by atoms with E-state index in [2.05, 4.69) is 0 Å². The number of para-hydroxylation sites is 1. The summed E-state index contributed by atoms with van der Waals surface area (Å²) in [5.41, 5.74) is 0. The molecule has 0 unspecified atom stereocenters. The molecule has 0 aliphatic carbocycles. The van der Waals surface area contributed by atoms with Crippen molar-refractivity contribution in [3.05, 3.63) is 42.4 Å². The molecule has 1 rings (SSSR count). The van der Waals surface area contributed by atoms with Crippen molar-refractivity contribution >= 4 is 29.1 Å². The van der Waals surface area contributed by atoms with E-state index in [1.54, 1.807) is 5.82 Å². The minimum atomic E-state index is -1.06. The predicted octanol–water partition coefficient (Wildman–Crippen LogP) is 4.33. The molecule has 0 saturated heterocycles. The molecule has 0 bridgehead atoms. The van der Waals surface area contributed by atoms with E-state index in [0.717, 1.165) is 5.75 Å². The summed E-state index contributed by atoms with van der Waals surface area (Å²) in [7, 11) is 0. The molecule has 12 heavy (non-hydrogen) atoms. The van der Waals surface area contributed by atoms with Gasteiger partial charge in [-0.3, -0.25) is 0 Å². The molecule has 64 valence electrons. The van der Waals surface area contributed by atoms with Crippen LogP contribution in [0.15, 0.2) is 42.4 Å². The second-order valence-electron chi connectivity index (χ2n) is 1.98. The van der Waals surface area contributed by atoms with Crippen LogP contribution in [0.4, 0.5) is 0 Å². The maximum Gasteiger partial charge on any atom is 0.126 e. The molecule has 0 atom stereocenters. The third-order valence-corrected chi connectivity index (χ3v) is 2.14. The second-order valence-corrected chi connectivity index (χ2v) is 5.50. The quantitative estimate of drug-likeness (QED) is 0.545. The zero-order valence-corrected chi connectivity index (χ0v) is 8.56. The summed E-state index contributed by atoms with van der Waals surface area (Å²) in [5, 5.41) is 0. The lowest BCUT2D eigenvalue weighted by Crippen LogP contribution is -1.78. The van der Waals surface area contributed by atoms with Crippen molar-refractivity contribution in [3.8, 4) is 5.75 Å². The predicted molar refractivity (Wildman–Crippen MR) is 54.8 cm³/mol. The molecule has 0 aliphatic heterocycles. The molecule has 0 heterocycles. The van der Waals surface area contributed by atoms with Crippen molar-refractivity contribution in [1.82, 2.24) is 0 Å². The highest BCUT2D eigenvalue weighted by atomic mass is 35.9. The first-order valence-corrected chi connectivity index (χ1v) is 6.50. The molecule has 0 aromatic heterocycles. The third kappa shape index (κ3) is 3.96. The summed E-state index contributed by atoms with van der Waals surface area (Å²) >= 11 is 11.0. The molecule has 4 heteroatoms. The standard InChI is InChI=1S/C8H7Cl2OP/c9-12(10)7-6-11-8-4-2-1-3-5-8/h1-7H/b7-6+. The molecular formula is C8H7Cl2OP. The molecule has 1 aromatic rings. The van der Waals surface area contributed by atoms with E-state index >= 15 is 0 Å². The molecular weight excluding hydrogens is 214 g/mol. The molecule has 1 nitrogen and oxygen atoms in total. The van der Waals surface area contributed by atoms with Gasteiger partial charge in [0.15, 0.2) is 0 Å². The largest absolute Gasteiger partial charge is 0.465 e. The van der Waals surface area contributed by atoms with E-state index in [9.17, 15) is 0 Å². The Balaban J connectivity index is 2.43. The summed E-state index contributed by atoms with van der Waals surface area (Å²) in [6, 6.07) is 9.43. The van der Waals surface area contributed by atoms with Crippen molar-refractivity contribution in [2.24, 2.45) is 0 Å². The van der Waals surface area contributed by atoms with E-state index < -0.39 is 6.63 Å². The second kappa shape index (κ2) is 5.42. The van der Waals surface area contributed by atoms with Gasteiger partial charge in [0.1, 0.15) is 12.4 Å². The molecule has 1 aromatic carbocycles. The van der Waals surface area contributed by atoms with Gasteiger partial charge in [0, 0.05) is 5.82 Å². The van der Waals surface area contributed by atoms with Gasteiger partial charge >= 0.3 is 0 Å². The Morgan fingerprint density at radius 2 is 1.83 bits per heavy atom. The maximum absolute atomic E-state index is 5.51. The smallest absolute Gasteiger partial charge is 0.126 e. The molecule has 0 aliphatic rings. The summed E-state index contributed by atoms with van der Waals surface area (Å²) in [5.74, 6) is 2.39. The summed E-state index contributed by atoms with van der Waals surface area (Å²) < 4.78 is 5.18. The van der Waals surface area contributed by atoms with Crippen LogP contribution in [0.5, 0.6) is 5.75 Å². The van der Waals surface area contributed by atoms with Crippen molar-refractivity contribution in [1.29, 1.82) is 0 Å². The van der Waals surface area contributed by atoms with Gasteiger partial charge in [-0.1, -0.05) is 40.7 Å². The first-order valence-electron chi connectivity index (χ1n) is 3.28. The Morgan fingerprint density at radius 1 is 1.17 bits per heavy atom. The SMILES string of the molecule is ClP(Cl)/C=C/Oc1ccccc1. The van der Waals surface area contributed by atoms with Gasteiger partial charge in [-0.15, -0.1) is 0 Å². The van der Waals surface area contributed by atoms with Crippen LogP contribution in [-0.4, -0.2) is 0 Å². The van der Waals surface area contributed by atoms with Crippen LogP contribution in [-0.2, 0) is 0 Å². The van der Waals surface area contributed by atoms with Gasteiger partial charge in [-0.25, -0.2) is 0 Å². The Kier molecular flexibility index (Phi) is 4.45. The fourth-order valence-corrected chi connectivity index (χ4v) is 1.08. The van der Waals surface area contributed by atoms with E-state index in [4.69, 9.17) is 27.2 Å². The monoisotopic (exact) mass is 220 g/mol. The first kappa shape index (κ1) is 9.85. The lowest BCUT2D eigenvalue weighted by molar-refractivity contribution is 0.482. The van der Waals surface area contributed by atoms with Gasteiger partial charge in [-0.2, -0.15) is 0 Å². The highest BCUT2D eigenvalue weighted by Gasteiger charge is 1.90. The van der Waals surface area contributed by atoms with E-state index in [1.807, 2.05) is 30.3 Å². The van der Waals surface area contributed by atoms with Crippen molar-refractivity contribution < 1.29 is 4.74 Å². The summed E-state index contributed by atoms with van der Waals surface area (Å²) in [6.07, 6.45) is 1.50. The number of benzene rings is 1. The molecule has 0 N–H and O–H groups in total. The number of ether oxygens (including phenoxy) is 1. The highest BCUT2D eigenvalue weighted by molar-refractivity contribution is 8.06. The van der Waals surface area contributed by atoms with Crippen LogP contribution in [0.3, 0.4) is 0 Å². The van der Waals surface area contributed by atoms with Crippen LogP contribution in [0.1, 0.15) is 0 Å². The minimum Gasteiger partial charge on any atom is -0.465 e. The van der Waals surface area contributed by atoms with Gasteiger partial charge < -0.3 is 4.74 Å². The Morgan fingerprint density at radius 3 is 2.42 bits per heavy atom. The number of hydrogen-bond acceptors (Lipinski definition) is 1. The lowest BCUT2D eigenvalue weighted by atomic mass is 10.3. The topological polar surface area (TPSA) is 9.23 Å². The van der Waals surface area contributed by atoms with Crippen LogP contribution < -0.4 is 4.74 Å².